The third kappa shape index (κ3) is 3.34. The van der Waals surface area contributed by atoms with Crippen molar-refractivity contribution in [2.24, 2.45) is 5.73 Å². The molecule has 0 bridgehead atoms. The second-order valence-corrected chi connectivity index (χ2v) is 6.02. The van der Waals surface area contributed by atoms with Crippen molar-refractivity contribution in [3.8, 4) is 0 Å². The molecule has 18 heavy (non-hydrogen) atoms. The Morgan fingerprint density at radius 2 is 1.94 bits per heavy atom. The van der Waals surface area contributed by atoms with Gasteiger partial charge in [0.2, 0.25) is 0 Å². The number of aryl methyl sites for hydroxylation is 1. The van der Waals surface area contributed by atoms with Crippen LogP contribution in [0.3, 0.4) is 0 Å². The van der Waals surface area contributed by atoms with E-state index in [-0.39, 0.29) is 6.04 Å². The molecule has 0 fully saturated rings. The van der Waals surface area contributed by atoms with Crippen LogP contribution in [0.25, 0.3) is 0 Å². The fourth-order valence-electron chi connectivity index (χ4n) is 2.52. The van der Waals surface area contributed by atoms with Gasteiger partial charge in [-0.1, -0.05) is 20.8 Å². The van der Waals surface area contributed by atoms with Crippen molar-refractivity contribution in [1.82, 2.24) is 4.90 Å². The van der Waals surface area contributed by atoms with Crippen LogP contribution in [0.2, 0.25) is 0 Å². The second kappa shape index (κ2) is 7.27. The third-order valence-corrected chi connectivity index (χ3v) is 5.02. The van der Waals surface area contributed by atoms with Crippen molar-refractivity contribution >= 4 is 11.3 Å². The Kier molecular flexibility index (Phi) is 6.33. The van der Waals surface area contributed by atoms with Gasteiger partial charge in [0.1, 0.15) is 0 Å². The minimum Gasteiger partial charge on any atom is -0.326 e. The van der Waals surface area contributed by atoms with Crippen LogP contribution >= 0.6 is 11.3 Å². The molecule has 0 saturated heterocycles. The summed E-state index contributed by atoms with van der Waals surface area (Å²) < 4.78 is 0. The number of rotatable bonds is 7. The van der Waals surface area contributed by atoms with Gasteiger partial charge in [-0.15, -0.1) is 11.3 Å². The molecule has 3 heteroatoms. The van der Waals surface area contributed by atoms with Crippen molar-refractivity contribution in [1.29, 1.82) is 0 Å². The van der Waals surface area contributed by atoms with Crippen LogP contribution in [0.5, 0.6) is 0 Å². The van der Waals surface area contributed by atoms with E-state index < -0.39 is 0 Å². The van der Waals surface area contributed by atoms with E-state index in [0.717, 1.165) is 13.0 Å². The molecule has 1 aromatic heterocycles. The predicted molar refractivity (Wildman–Crippen MR) is 82.2 cm³/mol. The van der Waals surface area contributed by atoms with Gasteiger partial charge in [-0.2, -0.15) is 0 Å². The topological polar surface area (TPSA) is 29.3 Å². The lowest BCUT2D eigenvalue weighted by molar-refractivity contribution is 0.127. The molecule has 2 nitrogen and oxygen atoms in total. The third-order valence-electron chi connectivity index (χ3n) is 3.93. The molecule has 0 aromatic carbocycles. The van der Waals surface area contributed by atoms with Crippen molar-refractivity contribution in [2.45, 2.75) is 65.6 Å². The molecule has 1 heterocycles. The molecule has 0 aliphatic heterocycles. The van der Waals surface area contributed by atoms with E-state index in [1.165, 1.54) is 16.9 Å². The van der Waals surface area contributed by atoms with Gasteiger partial charge in [0.25, 0.3) is 0 Å². The molecule has 104 valence electrons. The molecular formula is C15H28N2S. The highest BCUT2D eigenvalue weighted by Gasteiger charge is 2.29. The van der Waals surface area contributed by atoms with Gasteiger partial charge in [-0.3, -0.25) is 4.90 Å². The van der Waals surface area contributed by atoms with Crippen LogP contribution in [-0.2, 0) is 0 Å². The Morgan fingerprint density at radius 3 is 2.33 bits per heavy atom. The van der Waals surface area contributed by atoms with E-state index in [9.17, 15) is 0 Å². The highest BCUT2D eigenvalue weighted by atomic mass is 32.1. The Balaban J connectivity index is 3.08. The minimum atomic E-state index is 0.219. The summed E-state index contributed by atoms with van der Waals surface area (Å²) in [6, 6.07) is 3.38. The molecule has 0 radical (unpaired) electrons. The zero-order valence-electron chi connectivity index (χ0n) is 12.4. The summed E-state index contributed by atoms with van der Waals surface area (Å²) in [5.41, 5.74) is 7.80. The fourth-order valence-corrected chi connectivity index (χ4v) is 3.64. The number of hydrogen-bond donors (Lipinski definition) is 1. The molecule has 0 amide bonds. The number of nitrogens with zero attached hydrogens (tertiary/aromatic N) is 1. The summed E-state index contributed by atoms with van der Waals surface area (Å²) in [7, 11) is 0. The lowest BCUT2D eigenvalue weighted by atomic mass is 9.98. The molecule has 0 aliphatic carbocycles. The smallest absolute Gasteiger partial charge is 0.0598 e. The van der Waals surface area contributed by atoms with E-state index >= 15 is 0 Å². The van der Waals surface area contributed by atoms with Gasteiger partial charge in [0.05, 0.1) is 6.04 Å². The van der Waals surface area contributed by atoms with Gasteiger partial charge >= 0.3 is 0 Å². The molecule has 0 aliphatic rings. The molecule has 3 unspecified atom stereocenters. The zero-order valence-corrected chi connectivity index (χ0v) is 13.3. The second-order valence-electron chi connectivity index (χ2n) is 5.07. The number of likely N-dealkylation sites (N-methyl/N-ethyl adjacent to an activating group) is 1. The van der Waals surface area contributed by atoms with Gasteiger partial charge in [0.15, 0.2) is 0 Å². The normalized spacial score (nSPS) is 16.8. The van der Waals surface area contributed by atoms with Crippen molar-refractivity contribution in [3.63, 3.8) is 0 Å². The highest BCUT2D eigenvalue weighted by molar-refractivity contribution is 7.10. The Morgan fingerprint density at radius 1 is 1.28 bits per heavy atom. The van der Waals surface area contributed by atoms with Gasteiger partial charge < -0.3 is 5.73 Å². The highest BCUT2D eigenvalue weighted by Crippen LogP contribution is 2.33. The van der Waals surface area contributed by atoms with E-state index in [1.54, 1.807) is 0 Å². The van der Waals surface area contributed by atoms with Crippen LogP contribution in [-0.4, -0.2) is 23.5 Å². The fraction of sp³-hybridized carbons (Fsp3) is 0.733. The predicted octanol–water partition coefficient (Wildman–Crippen LogP) is 3.96. The van der Waals surface area contributed by atoms with E-state index in [2.05, 4.69) is 51.0 Å². The lowest BCUT2D eigenvalue weighted by Gasteiger charge is -2.38. The van der Waals surface area contributed by atoms with Gasteiger partial charge in [0, 0.05) is 17.0 Å². The van der Waals surface area contributed by atoms with Gasteiger partial charge in [-0.05, 0) is 50.2 Å². The van der Waals surface area contributed by atoms with Crippen molar-refractivity contribution in [2.75, 3.05) is 6.54 Å². The Hall–Kier alpha value is -0.380. The summed E-state index contributed by atoms with van der Waals surface area (Å²) in [5, 5.41) is 2.19. The largest absolute Gasteiger partial charge is 0.326 e. The molecule has 3 atom stereocenters. The molecular weight excluding hydrogens is 240 g/mol. The van der Waals surface area contributed by atoms with E-state index in [0.29, 0.717) is 12.1 Å². The number of nitrogens with two attached hydrogens (primary N) is 1. The number of hydrogen-bond acceptors (Lipinski definition) is 3. The minimum absolute atomic E-state index is 0.219. The SMILES string of the molecule is CCC(N)C(c1sccc1C)N(CC)C(C)CC. The van der Waals surface area contributed by atoms with E-state index in [4.69, 9.17) is 5.73 Å². The van der Waals surface area contributed by atoms with Crippen LogP contribution in [0.1, 0.15) is 57.0 Å². The average Bonchev–Trinajstić information content (AvgIpc) is 2.80. The first kappa shape index (κ1) is 15.7. The summed E-state index contributed by atoms with van der Waals surface area (Å²) in [6.45, 7) is 12.2. The maximum absolute atomic E-state index is 6.41. The Labute approximate surface area is 116 Å². The first-order valence-corrected chi connectivity index (χ1v) is 7.99. The lowest BCUT2D eigenvalue weighted by Crippen LogP contribution is -2.44. The Bertz CT molecular complexity index is 348. The van der Waals surface area contributed by atoms with Crippen molar-refractivity contribution in [3.05, 3.63) is 21.9 Å². The standard InChI is InChI=1S/C15H28N2S/c1-6-12(5)17(8-3)14(13(16)7-2)15-11(4)9-10-18-15/h9-10,12-14H,6-8,16H2,1-5H3. The number of thiophene rings is 1. The quantitative estimate of drug-likeness (QED) is 0.811. The van der Waals surface area contributed by atoms with Crippen LogP contribution in [0.15, 0.2) is 11.4 Å². The maximum Gasteiger partial charge on any atom is 0.0598 e. The van der Waals surface area contributed by atoms with Crippen LogP contribution in [0, 0.1) is 6.92 Å². The summed E-state index contributed by atoms with van der Waals surface area (Å²) >= 11 is 1.85. The van der Waals surface area contributed by atoms with Crippen LogP contribution < -0.4 is 5.73 Å². The maximum atomic E-state index is 6.41. The van der Waals surface area contributed by atoms with E-state index in [1.807, 2.05) is 11.3 Å². The van der Waals surface area contributed by atoms with Crippen LogP contribution in [0.4, 0.5) is 0 Å². The monoisotopic (exact) mass is 268 g/mol. The summed E-state index contributed by atoms with van der Waals surface area (Å²) in [4.78, 5) is 4.01. The average molecular weight is 268 g/mol. The molecule has 1 rings (SSSR count). The van der Waals surface area contributed by atoms with Crippen molar-refractivity contribution < 1.29 is 0 Å². The molecule has 0 saturated carbocycles. The van der Waals surface area contributed by atoms with Gasteiger partial charge in [-0.25, -0.2) is 0 Å². The molecule has 1 aromatic rings. The molecule has 2 N–H and O–H groups in total. The zero-order chi connectivity index (χ0) is 13.7. The first-order valence-electron chi connectivity index (χ1n) is 7.11. The summed E-state index contributed by atoms with van der Waals surface area (Å²) in [5.74, 6) is 0. The first-order chi connectivity index (χ1) is 8.56. The summed E-state index contributed by atoms with van der Waals surface area (Å²) in [6.07, 6.45) is 2.19. The molecule has 0 spiro atoms.